The summed E-state index contributed by atoms with van der Waals surface area (Å²) in [5.74, 6) is 4.93. The van der Waals surface area contributed by atoms with Crippen LogP contribution in [0.1, 0.15) is 21.7 Å². The van der Waals surface area contributed by atoms with Crippen molar-refractivity contribution in [3.8, 4) is 17.6 Å². The molecule has 0 aliphatic heterocycles. The van der Waals surface area contributed by atoms with E-state index in [1.165, 1.54) is 35.7 Å². The van der Waals surface area contributed by atoms with Crippen molar-refractivity contribution in [3.63, 3.8) is 0 Å². The third-order valence-corrected chi connectivity index (χ3v) is 3.44. The average Bonchev–Trinajstić information content (AvgIpc) is 2.89. The number of anilines is 1. The molecule has 0 spiro atoms. The molecule has 1 amide bonds. The van der Waals surface area contributed by atoms with Crippen LogP contribution in [0.3, 0.4) is 0 Å². The molecule has 3 N–H and O–H groups in total. The molecule has 1 aromatic carbocycles. The maximum absolute atomic E-state index is 12.0. The van der Waals surface area contributed by atoms with Gasteiger partial charge in [-0.1, -0.05) is 34.8 Å². The molecule has 0 unspecified atom stereocenters. The lowest BCUT2D eigenvalue weighted by molar-refractivity contribution is 0.102. The van der Waals surface area contributed by atoms with Gasteiger partial charge >= 0.3 is 0 Å². The van der Waals surface area contributed by atoms with E-state index in [0.717, 1.165) is 0 Å². The number of carbonyl (C=O) groups excluding carboxylic acids is 1. The van der Waals surface area contributed by atoms with Gasteiger partial charge in [0.15, 0.2) is 5.13 Å². The van der Waals surface area contributed by atoms with Crippen LogP contribution in [0.4, 0.5) is 5.13 Å². The van der Waals surface area contributed by atoms with Gasteiger partial charge in [0.2, 0.25) is 0 Å². The molecule has 108 valence electrons. The molecular weight excluding hydrogens is 312 g/mol. The van der Waals surface area contributed by atoms with Crippen molar-refractivity contribution in [1.29, 1.82) is 0 Å². The maximum atomic E-state index is 12.0. The second kappa shape index (κ2) is 7.09. The van der Waals surface area contributed by atoms with Gasteiger partial charge in [-0.2, -0.15) is 0 Å². The second-order valence-electron chi connectivity index (χ2n) is 3.92. The quantitative estimate of drug-likeness (QED) is 0.758. The average molecular weight is 323 g/mol. The van der Waals surface area contributed by atoms with Crippen molar-refractivity contribution in [2.45, 2.75) is 6.42 Å². The SMILES string of the molecule is O=C(Nc1ncc(C#CCCO)s1)c1cc(Cl)ccc1O. The zero-order valence-electron chi connectivity index (χ0n) is 10.8. The van der Waals surface area contributed by atoms with E-state index in [1.807, 2.05) is 0 Å². The zero-order valence-corrected chi connectivity index (χ0v) is 12.3. The highest BCUT2D eigenvalue weighted by Gasteiger charge is 2.13. The van der Waals surface area contributed by atoms with Gasteiger partial charge in [0.05, 0.1) is 23.2 Å². The number of nitrogens with zero attached hydrogens (tertiary/aromatic N) is 1. The summed E-state index contributed by atoms with van der Waals surface area (Å²) in [6.07, 6.45) is 1.92. The van der Waals surface area contributed by atoms with Crippen molar-refractivity contribution < 1.29 is 15.0 Å². The molecule has 0 saturated heterocycles. The van der Waals surface area contributed by atoms with Gasteiger partial charge in [-0.05, 0) is 18.2 Å². The molecule has 0 aliphatic rings. The van der Waals surface area contributed by atoms with Crippen molar-refractivity contribution in [1.82, 2.24) is 4.98 Å². The summed E-state index contributed by atoms with van der Waals surface area (Å²) in [5.41, 5.74) is 0.0746. The highest BCUT2D eigenvalue weighted by Crippen LogP contribution is 2.24. The largest absolute Gasteiger partial charge is 0.507 e. The van der Waals surface area contributed by atoms with E-state index in [0.29, 0.717) is 21.5 Å². The number of aromatic nitrogens is 1. The van der Waals surface area contributed by atoms with Crippen LogP contribution >= 0.6 is 22.9 Å². The number of hydrogen-bond acceptors (Lipinski definition) is 5. The summed E-state index contributed by atoms with van der Waals surface area (Å²) in [4.78, 5) is 16.7. The molecule has 21 heavy (non-hydrogen) atoms. The standard InChI is InChI=1S/C14H11ClN2O3S/c15-9-4-5-12(19)11(7-9)13(20)17-14-16-8-10(21-14)3-1-2-6-18/h4-5,7-8,18-19H,2,6H2,(H,16,17,20). The van der Waals surface area contributed by atoms with Gasteiger partial charge in [0, 0.05) is 11.4 Å². The summed E-state index contributed by atoms with van der Waals surface area (Å²) < 4.78 is 0. The van der Waals surface area contributed by atoms with Gasteiger partial charge in [-0.25, -0.2) is 4.98 Å². The first kappa shape index (κ1) is 15.3. The number of aromatic hydroxyl groups is 1. The van der Waals surface area contributed by atoms with E-state index in [2.05, 4.69) is 22.1 Å². The van der Waals surface area contributed by atoms with E-state index in [-0.39, 0.29) is 17.9 Å². The number of halogens is 1. The molecule has 0 radical (unpaired) electrons. The van der Waals surface area contributed by atoms with Crippen LogP contribution < -0.4 is 5.32 Å². The zero-order chi connectivity index (χ0) is 15.2. The summed E-state index contributed by atoms with van der Waals surface area (Å²) in [6.45, 7) is 0.00341. The van der Waals surface area contributed by atoms with E-state index in [4.69, 9.17) is 16.7 Å². The summed E-state index contributed by atoms with van der Waals surface area (Å²) in [5, 5.41) is 21.6. The number of amides is 1. The van der Waals surface area contributed by atoms with E-state index >= 15 is 0 Å². The predicted octanol–water partition coefficient (Wildman–Crippen LogP) is 2.49. The molecule has 1 heterocycles. The predicted molar refractivity (Wildman–Crippen MR) is 81.8 cm³/mol. The molecule has 2 aromatic rings. The van der Waals surface area contributed by atoms with Crippen LogP contribution in [0.5, 0.6) is 5.75 Å². The first-order chi connectivity index (χ1) is 10.1. The molecule has 0 fully saturated rings. The Morgan fingerprint density at radius 2 is 2.29 bits per heavy atom. The highest BCUT2D eigenvalue weighted by atomic mass is 35.5. The lowest BCUT2D eigenvalue weighted by Gasteiger charge is -2.04. The Kier molecular flexibility index (Phi) is 5.17. The Bertz CT molecular complexity index is 718. The number of thiazole rings is 1. The summed E-state index contributed by atoms with van der Waals surface area (Å²) in [7, 11) is 0. The molecular formula is C14H11ClN2O3S. The highest BCUT2D eigenvalue weighted by molar-refractivity contribution is 7.16. The molecule has 2 rings (SSSR count). The van der Waals surface area contributed by atoms with Crippen LogP contribution in [0, 0.1) is 11.8 Å². The minimum atomic E-state index is -0.501. The second-order valence-corrected chi connectivity index (χ2v) is 5.39. The van der Waals surface area contributed by atoms with E-state index < -0.39 is 5.91 Å². The molecule has 0 atom stereocenters. The van der Waals surface area contributed by atoms with Crippen molar-refractivity contribution >= 4 is 34.0 Å². The first-order valence-corrected chi connectivity index (χ1v) is 7.15. The maximum Gasteiger partial charge on any atom is 0.261 e. The Balaban J connectivity index is 2.10. The third-order valence-electron chi connectivity index (χ3n) is 2.38. The van der Waals surface area contributed by atoms with Crippen LogP contribution in [0.25, 0.3) is 0 Å². The smallest absolute Gasteiger partial charge is 0.261 e. The van der Waals surface area contributed by atoms with Gasteiger partial charge < -0.3 is 10.2 Å². The third kappa shape index (κ3) is 4.20. The molecule has 0 bridgehead atoms. The molecule has 0 aliphatic carbocycles. The first-order valence-electron chi connectivity index (χ1n) is 5.95. The van der Waals surface area contributed by atoms with Gasteiger partial charge in [-0.3, -0.25) is 10.1 Å². The lowest BCUT2D eigenvalue weighted by Crippen LogP contribution is -2.11. The number of hydrogen-bond donors (Lipinski definition) is 3. The number of aliphatic hydroxyl groups is 1. The fraction of sp³-hybridized carbons (Fsp3) is 0.143. The van der Waals surface area contributed by atoms with Crippen LogP contribution in [-0.4, -0.2) is 27.7 Å². The summed E-state index contributed by atoms with van der Waals surface area (Å²) >= 11 is 7.00. The van der Waals surface area contributed by atoms with Gasteiger partial charge in [0.25, 0.3) is 5.91 Å². The molecule has 5 nitrogen and oxygen atoms in total. The number of benzene rings is 1. The monoisotopic (exact) mass is 322 g/mol. The number of carbonyl (C=O) groups is 1. The Labute approximate surface area is 130 Å². The minimum Gasteiger partial charge on any atom is -0.507 e. The van der Waals surface area contributed by atoms with Crippen LogP contribution in [0.2, 0.25) is 5.02 Å². The van der Waals surface area contributed by atoms with E-state index in [1.54, 1.807) is 0 Å². The normalized spacial score (nSPS) is 9.81. The Morgan fingerprint density at radius 1 is 1.48 bits per heavy atom. The number of rotatable bonds is 3. The topological polar surface area (TPSA) is 82.5 Å². The number of phenolic OH excluding ortho intramolecular Hbond substituents is 1. The van der Waals surface area contributed by atoms with Crippen LogP contribution in [-0.2, 0) is 0 Å². The molecule has 0 saturated carbocycles. The molecule has 7 heteroatoms. The lowest BCUT2D eigenvalue weighted by atomic mass is 10.2. The fourth-order valence-corrected chi connectivity index (χ4v) is 2.31. The Morgan fingerprint density at radius 3 is 3.05 bits per heavy atom. The Hall–Kier alpha value is -2.07. The van der Waals surface area contributed by atoms with Gasteiger partial charge in [-0.15, -0.1) is 0 Å². The molecule has 1 aromatic heterocycles. The fourth-order valence-electron chi connectivity index (χ4n) is 1.45. The number of nitrogens with one attached hydrogen (secondary N) is 1. The van der Waals surface area contributed by atoms with Gasteiger partial charge in [0.1, 0.15) is 5.75 Å². The number of phenols is 1. The van der Waals surface area contributed by atoms with Crippen LogP contribution in [0.15, 0.2) is 24.4 Å². The van der Waals surface area contributed by atoms with Crippen molar-refractivity contribution in [2.75, 3.05) is 11.9 Å². The van der Waals surface area contributed by atoms with E-state index in [9.17, 15) is 9.90 Å². The van der Waals surface area contributed by atoms with Crippen molar-refractivity contribution in [2.24, 2.45) is 0 Å². The minimum absolute atomic E-state index is 0.00341. The van der Waals surface area contributed by atoms with Crippen molar-refractivity contribution in [3.05, 3.63) is 39.9 Å². The summed E-state index contributed by atoms with van der Waals surface area (Å²) in [6, 6.07) is 4.22. The number of aliphatic hydroxyl groups excluding tert-OH is 1.